The minimum Gasteiger partial charge on any atom is -0.508 e. The van der Waals surface area contributed by atoms with E-state index in [0.29, 0.717) is 19.0 Å². The van der Waals surface area contributed by atoms with Gasteiger partial charge in [0.05, 0.1) is 12.6 Å². The first-order valence-electron chi connectivity index (χ1n) is 10.6. The van der Waals surface area contributed by atoms with Gasteiger partial charge in [0.25, 0.3) is 0 Å². The predicted octanol–water partition coefficient (Wildman–Crippen LogP) is 4.25. The molecule has 1 aliphatic heterocycles. The van der Waals surface area contributed by atoms with Gasteiger partial charge in [0.15, 0.2) is 0 Å². The Morgan fingerprint density at radius 2 is 1.76 bits per heavy atom. The highest BCUT2D eigenvalue weighted by Crippen LogP contribution is 2.35. The highest BCUT2D eigenvalue weighted by atomic mass is 16.5. The van der Waals surface area contributed by atoms with E-state index in [9.17, 15) is 5.11 Å². The van der Waals surface area contributed by atoms with Crippen molar-refractivity contribution < 1.29 is 14.6 Å². The third-order valence-electron chi connectivity index (χ3n) is 5.52. The molecular weight excluding hydrogens is 364 g/mol. The number of piperazine rings is 1. The number of nitrogens with one attached hydrogen (secondary N) is 1. The van der Waals surface area contributed by atoms with E-state index in [4.69, 9.17) is 9.47 Å². The molecule has 5 heteroatoms. The van der Waals surface area contributed by atoms with Crippen LogP contribution >= 0.6 is 0 Å². The van der Waals surface area contributed by atoms with Gasteiger partial charge in [-0.3, -0.25) is 4.90 Å². The lowest BCUT2D eigenvalue weighted by molar-refractivity contribution is 0.117. The highest BCUT2D eigenvalue weighted by Gasteiger charge is 2.26. The molecule has 1 saturated heterocycles. The van der Waals surface area contributed by atoms with Crippen molar-refractivity contribution in [3.63, 3.8) is 0 Å². The summed E-state index contributed by atoms with van der Waals surface area (Å²) < 4.78 is 12.3. The summed E-state index contributed by atoms with van der Waals surface area (Å²) in [5, 5.41) is 13.6. The Balaban J connectivity index is 1.90. The van der Waals surface area contributed by atoms with E-state index >= 15 is 0 Å². The SMILES string of the molecule is CCOc1ccccc1C(COc1cc(C)c(O)cc1C(C)C)N1CCNCC1. The van der Waals surface area contributed by atoms with Crippen molar-refractivity contribution in [2.75, 3.05) is 39.4 Å². The molecule has 1 fully saturated rings. The summed E-state index contributed by atoms with van der Waals surface area (Å²) in [5.74, 6) is 2.36. The number of aryl methyl sites for hydroxylation is 1. The van der Waals surface area contributed by atoms with Crippen LogP contribution < -0.4 is 14.8 Å². The van der Waals surface area contributed by atoms with Crippen LogP contribution in [0.25, 0.3) is 0 Å². The van der Waals surface area contributed by atoms with Crippen molar-refractivity contribution in [2.24, 2.45) is 0 Å². The van der Waals surface area contributed by atoms with Crippen LogP contribution in [0.2, 0.25) is 0 Å². The van der Waals surface area contributed by atoms with Crippen LogP contribution in [0, 0.1) is 6.92 Å². The number of ether oxygens (including phenoxy) is 2. The fourth-order valence-corrected chi connectivity index (χ4v) is 3.86. The molecule has 2 N–H and O–H groups in total. The number of phenols is 1. The smallest absolute Gasteiger partial charge is 0.124 e. The normalized spacial score (nSPS) is 16.0. The Kier molecular flexibility index (Phi) is 7.40. The number of rotatable bonds is 8. The van der Waals surface area contributed by atoms with Crippen molar-refractivity contribution >= 4 is 0 Å². The van der Waals surface area contributed by atoms with Crippen molar-refractivity contribution in [1.29, 1.82) is 0 Å². The number of benzene rings is 2. The van der Waals surface area contributed by atoms with Crippen LogP contribution in [0.4, 0.5) is 0 Å². The number of hydrogen-bond acceptors (Lipinski definition) is 5. The van der Waals surface area contributed by atoms with Gasteiger partial charge in [-0.25, -0.2) is 0 Å². The third-order valence-corrected chi connectivity index (χ3v) is 5.52. The monoisotopic (exact) mass is 398 g/mol. The van der Waals surface area contributed by atoms with E-state index in [2.05, 4.69) is 36.2 Å². The van der Waals surface area contributed by atoms with E-state index < -0.39 is 0 Å². The number of hydrogen-bond donors (Lipinski definition) is 2. The van der Waals surface area contributed by atoms with Gasteiger partial charge in [0, 0.05) is 37.3 Å². The molecule has 3 rings (SSSR count). The molecule has 0 aromatic heterocycles. The molecule has 2 aromatic carbocycles. The summed E-state index contributed by atoms with van der Waals surface area (Å²) in [6, 6.07) is 12.2. The van der Waals surface area contributed by atoms with Crippen molar-refractivity contribution in [2.45, 2.75) is 39.7 Å². The summed E-state index contributed by atoms with van der Waals surface area (Å²) in [6.45, 7) is 13.2. The van der Waals surface area contributed by atoms with Crippen LogP contribution in [-0.4, -0.2) is 49.4 Å². The molecule has 0 aliphatic carbocycles. The predicted molar refractivity (Wildman–Crippen MR) is 117 cm³/mol. The lowest BCUT2D eigenvalue weighted by Gasteiger charge is -2.36. The van der Waals surface area contributed by atoms with Gasteiger partial charge >= 0.3 is 0 Å². The van der Waals surface area contributed by atoms with Gasteiger partial charge in [-0.05, 0) is 43.5 Å². The Hall–Kier alpha value is -2.24. The Bertz CT molecular complexity index is 801. The van der Waals surface area contributed by atoms with E-state index in [-0.39, 0.29) is 12.0 Å². The maximum absolute atomic E-state index is 10.1. The van der Waals surface area contributed by atoms with E-state index in [1.807, 2.05) is 38.1 Å². The quantitative estimate of drug-likeness (QED) is 0.696. The minimum absolute atomic E-state index is 0.106. The Morgan fingerprint density at radius 1 is 1.03 bits per heavy atom. The van der Waals surface area contributed by atoms with Gasteiger partial charge in [0.2, 0.25) is 0 Å². The first kappa shape index (κ1) is 21.5. The number of para-hydroxylation sites is 1. The first-order valence-corrected chi connectivity index (χ1v) is 10.6. The zero-order chi connectivity index (χ0) is 20.8. The summed E-state index contributed by atoms with van der Waals surface area (Å²) in [6.07, 6.45) is 0. The summed E-state index contributed by atoms with van der Waals surface area (Å²) in [5.41, 5.74) is 3.03. The van der Waals surface area contributed by atoms with E-state index in [1.54, 1.807) is 0 Å². The fraction of sp³-hybridized carbons (Fsp3) is 0.500. The second-order valence-electron chi connectivity index (χ2n) is 7.91. The Morgan fingerprint density at radius 3 is 2.45 bits per heavy atom. The van der Waals surface area contributed by atoms with Crippen molar-refractivity contribution in [1.82, 2.24) is 10.2 Å². The number of phenolic OH excluding ortho intramolecular Hbond substituents is 1. The zero-order valence-electron chi connectivity index (χ0n) is 18.1. The fourth-order valence-electron chi connectivity index (χ4n) is 3.86. The largest absolute Gasteiger partial charge is 0.508 e. The molecule has 1 heterocycles. The van der Waals surface area contributed by atoms with Crippen LogP contribution in [0.1, 0.15) is 49.4 Å². The van der Waals surface area contributed by atoms with Crippen molar-refractivity contribution in [3.8, 4) is 17.2 Å². The molecule has 0 bridgehead atoms. The van der Waals surface area contributed by atoms with Crippen molar-refractivity contribution in [3.05, 3.63) is 53.1 Å². The van der Waals surface area contributed by atoms with Crippen LogP contribution in [0.15, 0.2) is 36.4 Å². The first-order chi connectivity index (χ1) is 14.0. The second kappa shape index (κ2) is 9.99. The van der Waals surface area contributed by atoms with Crippen LogP contribution in [0.3, 0.4) is 0 Å². The zero-order valence-corrected chi connectivity index (χ0v) is 18.1. The van der Waals surface area contributed by atoms with E-state index in [0.717, 1.165) is 54.4 Å². The lowest BCUT2D eigenvalue weighted by atomic mass is 9.99. The average Bonchev–Trinajstić information content (AvgIpc) is 2.72. The van der Waals surface area contributed by atoms with Gasteiger partial charge in [0.1, 0.15) is 23.9 Å². The lowest BCUT2D eigenvalue weighted by Crippen LogP contribution is -2.46. The van der Waals surface area contributed by atoms with Crippen LogP contribution in [0.5, 0.6) is 17.2 Å². The summed E-state index contributed by atoms with van der Waals surface area (Å²) in [4.78, 5) is 2.47. The molecule has 1 unspecified atom stereocenters. The minimum atomic E-state index is 0.106. The van der Waals surface area contributed by atoms with Gasteiger partial charge in [-0.15, -0.1) is 0 Å². The molecule has 0 saturated carbocycles. The summed E-state index contributed by atoms with van der Waals surface area (Å²) >= 11 is 0. The standard InChI is InChI=1S/C24H34N2O3/c1-5-28-23-9-7-6-8-19(23)21(26-12-10-25-11-13-26)16-29-24-14-18(4)22(27)15-20(24)17(2)3/h6-9,14-15,17,21,25,27H,5,10-13,16H2,1-4H3. The molecule has 1 atom stereocenters. The molecule has 29 heavy (non-hydrogen) atoms. The topological polar surface area (TPSA) is 54.0 Å². The highest BCUT2D eigenvalue weighted by molar-refractivity contribution is 5.46. The third kappa shape index (κ3) is 5.22. The number of aromatic hydroxyl groups is 1. The molecule has 2 aromatic rings. The molecule has 1 aliphatic rings. The van der Waals surface area contributed by atoms with Gasteiger partial charge in [-0.2, -0.15) is 0 Å². The van der Waals surface area contributed by atoms with Gasteiger partial charge in [-0.1, -0.05) is 32.0 Å². The second-order valence-corrected chi connectivity index (χ2v) is 7.91. The molecular formula is C24H34N2O3. The van der Waals surface area contributed by atoms with Gasteiger partial charge < -0.3 is 19.9 Å². The van der Waals surface area contributed by atoms with Crippen LogP contribution in [-0.2, 0) is 0 Å². The summed E-state index contributed by atoms with van der Waals surface area (Å²) in [7, 11) is 0. The number of nitrogens with zero attached hydrogens (tertiary/aromatic N) is 1. The average molecular weight is 399 g/mol. The maximum Gasteiger partial charge on any atom is 0.124 e. The molecule has 5 nitrogen and oxygen atoms in total. The van der Waals surface area contributed by atoms with E-state index in [1.165, 1.54) is 0 Å². The molecule has 158 valence electrons. The Labute approximate surface area is 174 Å². The molecule has 0 radical (unpaired) electrons. The molecule has 0 spiro atoms. The maximum atomic E-state index is 10.1. The molecule has 0 amide bonds.